The molecular weight excluding hydrogens is 582 g/mol. The number of aromatic nitrogens is 1. The van der Waals surface area contributed by atoms with Gasteiger partial charge >= 0.3 is 5.97 Å². The van der Waals surface area contributed by atoms with E-state index in [2.05, 4.69) is 74.7 Å². The van der Waals surface area contributed by atoms with Crippen molar-refractivity contribution in [3.63, 3.8) is 0 Å². The van der Waals surface area contributed by atoms with Gasteiger partial charge in [0.15, 0.2) is 5.78 Å². The molecule has 250 valence electrons. The third kappa shape index (κ3) is 11.2. The van der Waals surface area contributed by atoms with Crippen LogP contribution in [0.1, 0.15) is 115 Å². The number of carbonyl (C=O) groups is 2. The summed E-state index contributed by atoms with van der Waals surface area (Å²) in [5, 5.41) is 9.60. The second kappa shape index (κ2) is 18.7. The normalized spacial score (nSPS) is 12.4. The smallest absolute Gasteiger partial charge is 0.335 e. The van der Waals surface area contributed by atoms with Crippen molar-refractivity contribution in [1.29, 1.82) is 5.26 Å². The fourth-order valence-electron chi connectivity index (χ4n) is 5.81. The number of rotatable bonds is 17. The van der Waals surface area contributed by atoms with E-state index < -0.39 is 0 Å². The molecule has 1 aromatic heterocycles. The lowest BCUT2D eigenvalue weighted by Gasteiger charge is -2.39. The average Bonchev–Trinajstić information content (AvgIpc) is 3.03. The van der Waals surface area contributed by atoms with Gasteiger partial charge in [-0.25, -0.2) is 9.78 Å². The highest BCUT2D eigenvalue weighted by atomic mass is 16.5. The third-order valence-electron chi connectivity index (χ3n) is 8.68. The SMILES string of the molecule is C=C(C)CC(=O)C(C)=C=C(C(=C)C[C@@H](CC)CN(C(CC)CC)C(C)c1ccc(OC(=O)/C=C/C)c(C)c1)c1nc(C#N)ccc1C. The van der Waals surface area contributed by atoms with Crippen molar-refractivity contribution in [2.45, 2.75) is 107 Å². The first-order valence-corrected chi connectivity index (χ1v) is 16.7. The zero-order chi connectivity index (χ0) is 35.3. The number of esters is 1. The molecule has 0 aliphatic heterocycles. The predicted octanol–water partition coefficient (Wildman–Crippen LogP) is 9.74. The molecule has 0 saturated heterocycles. The quantitative estimate of drug-likeness (QED) is 0.0430. The molecule has 0 radical (unpaired) electrons. The minimum Gasteiger partial charge on any atom is -0.423 e. The van der Waals surface area contributed by atoms with Crippen molar-refractivity contribution >= 4 is 17.3 Å². The zero-order valence-corrected chi connectivity index (χ0v) is 30.0. The third-order valence-corrected chi connectivity index (χ3v) is 8.68. The number of benzene rings is 1. The van der Waals surface area contributed by atoms with Gasteiger partial charge in [0.2, 0.25) is 0 Å². The van der Waals surface area contributed by atoms with Crippen molar-refractivity contribution < 1.29 is 14.3 Å². The van der Waals surface area contributed by atoms with Gasteiger partial charge in [0.25, 0.3) is 0 Å². The lowest BCUT2D eigenvalue weighted by Crippen LogP contribution is -2.40. The van der Waals surface area contributed by atoms with Crippen LogP contribution in [0.4, 0.5) is 0 Å². The molecule has 0 saturated carbocycles. The second-order valence-corrected chi connectivity index (χ2v) is 12.5. The summed E-state index contributed by atoms with van der Waals surface area (Å²) >= 11 is 0. The molecule has 2 aromatic rings. The Morgan fingerprint density at radius 3 is 2.28 bits per heavy atom. The molecule has 2 atom stereocenters. The van der Waals surface area contributed by atoms with Gasteiger partial charge in [0, 0.05) is 42.3 Å². The second-order valence-electron chi connectivity index (χ2n) is 12.5. The number of allylic oxidation sites excluding steroid dienone is 4. The number of hydrogen-bond donors (Lipinski definition) is 0. The molecule has 1 unspecified atom stereocenters. The van der Waals surface area contributed by atoms with Crippen LogP contribution in [0.15, 0.2) is 78.1 Å². The molecule has 1 aromatic carbocycles. The molecular formula is C41H53N3O3. The largest absolute Gasteiger partial charge is 0.423 e. The van der Waals surface area contributed by atoms with Crippen LogP contribution in [-0.2, 0) is 9.59 Å². The van der Waals surface area contributed by atoms with E-state index in [1.807, 2.05) is 32.9 Å². The van der Waals surface area contributed by atoms with E-state index in [9.17, 15) is 14.9 Å². The first-order chi connectivity index (χ1) is 22.3. The summed E-state index contributed by atoms with van der Waals surface area (Å²) < 4.78 is 5.53. The van der Waals surface area contributed by atoms with Gasteiger partial charge in [-0.2, -0.15) is 5.26 Å². The summed E-state index contributed by atoms with van der Waals surface area (Å²) in [6, 6.07) is 12.3. The monoisotopic (exact) mass is 635 g/mol. The molecule has 0 aliphatic carbocycles. The Labute approximate surface area is 283 Å². The first-order valence-electron chi connectivity index (χ1n) is 16.7. The molecule has 0 fully saturated rings. The zero-order valence-electron chi connectivity index (χ0n) is 30.0. The van der Waals surface area contributed by atoms with E-state index in [0.717, 1.165) is 53.6 Å². The lowest BCUT2D eigenvalue weighted by atomic mass is 9.88. The van der Waals surface area contributed by atoms with Gasteiger partial charge in [-0.1, -0.05) is 70.2 Å². The average molecular weight is 636 g/mol. The van der Waals surface area contributed by atoms with Crippen molar-refractivity contribution in [2.24, 2.45) is 5.92 Å². The van der Waals surface area contributed by atoms with E-state index in [-0.39, 0.29) is 30.1 Å². The van der Waals surface area contributed by atoms with Gasteiger partial charge in [0.1, 0.15) is 17.5 Å². The van der Waals surface area contributed by atoms with Crippen LogP contribution in [-0.4, -0.2) is 34.2 Å². The van der Waals surface area contributed by atoms with Gasteiger partial charge in [-0.3, -0.25) is 9.69 Å². The van der Waals surface area contributed by atoms with Gasteiger partial charge in [-0.15, -0.1) is 5.73 Å². The Morgan fingerprint density at radius 1 is 1.04 bits per heavy atom. The summed E-state index contributed by atoms with van der Waals surface area (Å²) in [5.41, 5.74) is 10.1. The molecule has 0 N–H and O–H groups in total. The number of pyridine rings is 1. The Kier molecular flexibility index (Phi) is 15.5. The topological polar surface area (TPSA) is 83.3 Å². The maximum atomic E-state index is 12.9. The van der Waals surface area contributed by atoms with Crippen molar-refractivity contribution in [1.82, 2.24) is 9.88 Å². The highest BCUT2D eigenvalue weighted by Crippen LogP contribution is 2.34. The van der Waals surface area contributed by atoms with Crippen LogP contribution in [0.5, 0.6) is 5.75 Å². The van der Waals surface area contributed by atoms with Gasteiger partial charge < -0.3 is 4.74 Å². The Balaban J connectivity index is 2.51. The molecule has 0 spiro atoms. The number of Topliss-reactive ketones (excluding diaryl/α,β-unsaturated/α-hetero) is 1. The van der Waals surface area contributed by atoms with Crippen molar-refractivity contribution in [2.75, 3.05) is 6.54 Å². The van der Waals surface area contributed by atoms with Crippen LogP contribution >= 0.6 is 0 Å². The minimum atomic E-state index is -0.385. The minimum absolute atomic E-state index is 0.0458. The summed E-state index contributed by atoms with van der Waals surface area (Å²) in [4.78, 5) is 32.2. The van der Waals surface area contributed by atoms with E-state index in [0.29, 0.717) is 40.7 Å². The molecule has 47 heavy (non-hydrogen) atoms. The summed E-state index contributed by atoms with van der Waals surface area (Å²) in [6.45, 7) is 27.5. The number of ether oxygens (including phenoxy) is 1. The fourth-order valence-corrected chi connectivity index (χ4v) is 5.81. The molecule has 0 bridgehead atoms. The summed E-state index contributed by atoms with van der Waals surface area (Å²) in [6.07, 6.45) is 6.97. The van der Waals surface area contributed by atoms with Crippen LogP contribution < -0.4 is 4.74 Å². The molecule has 2 rings (SSSR count). The Hall–Kier alpha value is -4.30. The van der Waals surface area contributed by atoms with Crippen LogP contribution in [0.2, 0.25) is 0 Å². The van der Waals surface area contributed by atoms with Gasteiger partial charge in [0.05, 0.1) is 5.69 Å². The highest BCUT2D eigenvalue weighted by Gasteiger charge is 2.27. The molecule has 6 heteroatoms. The lowest BCUT2D eigenvalue weighted by molar-refractivity contribution is -0.129. The Bertz CT molecular complexity index is 1600. The highest BCUT2D eigenvalue weighted by molar-refractivity contribution is 5.97. The predicted molar refractivity (Wildman–Crippen MR) is 193 cm³/mol. The maximum absolute atomic E-state index is 12.9. The first kappa shape index (κ1) is 38.9. The molecule has 0 amide bonds. The van der Waals surface area contributed by atoms with Crippen LogP contribution in [0, 0.1) is 31.1 Å². The Morgan fingerprint density at radius 2 is 1.72 bits per heavy atom. The van der Waals surface area contributed by atoms with Crippen molar-refractivity contribution in [3.05, 3.63) is 106 Å². The number of nitriles is 1. The molecule has 1 heterocycles. The van der Waals surface area contributed by atoms with E-state index in [4.69, 9.17) is 4.74 Å². The number of hydrogen-bond acceptors (Lipinski definition) is 6. The number of aryl methyl sites for hydroxylation is 2. The number of carbonyl (C=O) groups excluding carboxylic acids is 2. The molecule has 0 aliphatic rings. The van der Waals surface area contributed by atoms with Crippen LogP contribution in [0.3, 0.4) is 0 Å². The van der Waals surface area contributed by atoms with Crippen LogP contribution in [0.25, 0.3) is 5.57 Å². The molecule has 6 nitrogen and oxygen atoms in total. The number of ketones is 1. The standard InChI is InChI=1S/C41H53N3O3/c1-12-16-40(46)47-39-20-18-34(23-31(39)10)32(11)44(36(14-3)15-4)26-33(13-2)22-29(8)37(24-30(9)38(45)21-27(5)6)41-28(7)17-19-35(25-42)43-41/h12,16-20,23,32-33,36H,5,8,13-15,21-22,26H2,1-4,6-7,9-11H3/b16-12+/t24?,32?,33-/m1/s1. The van der Waals surface area contributed by atoms with E-state index >= 15 is 0 Å². The van der Waals surface area contributed by atoms with Gasteiger partial charge in [-0.05, 0) is 101 Å². The van der Waals surface area contributed by atoms with E-state index in [1.54, 1.807) is 26.0 Å². The van der Waals surface area contributed by atoms with Crippen molar-refractivity contribution in [3.8, 4) is 11.8 Å². The maximum Gasteiger partial charge on any atom is 0.335 e. The summed E-state index contributed by atoms with van der Waals surface area (Å²) in [7, 11) is 0. The fraction of sp³-hybridized carbons (Fsp3) is 0.439. The van der Waals surface area contributed by atoms with E-state index in [1.165, 1.54) is 6.08 Å². The number of nitrogens with zero attached hydrogens (tertiary/aromatic N) is 3. The summed E-state index contributed by atoms with van der Waals surface area (Å²) in [5.74, 6) is 0.394.